The SMILES string of the molecule is CC(C)CN(C)S(=O)(=O)c1cnn(CCC(=O)O)c1. The number of sulfonamides is 1. The van der Waals surface area contributed by atoms with E-state index in [1.165, 1.54) is 28.4 Å². The zero-order valence-electron chi connectivity index (χ0n) is 11.3. The lowest BCUT2D eigenvalue weighted by molar-refractivity contribution is -0.137. The number of aliphatic carboxylic acids is 1. The van der Waals surface area contributed by atoms with Gasteiger partial charge < -0.3 is 5.11 Å². The molecule has 8 heteroatoms. The number of hydrogen-bond donors (Lipinski definition) is 1. The van der Waals surface area contributed by atoms with Gasteiger partial charge in [-0.1, -0.05) is 13.8 Å². The molecular formula is C11H19N3O4S. The first-order valence-electron chi connectivity index (χ1n) is 5.94. The second-order valence-corrected chi connectivity index (χ2v) is 6.81. The molecule has 0 spiro atoms. The van der Waals surface area contributed by atoms with Crippen LogP contribution < -0.4 is 0 Å². The van der Waals surface area contributed by atoms with E-state index in [1.54, 1.807) is 0 Å². The Hall–Kier alpha value is -1.41. The summed E-state index contributed by atoms with van der Waals surface area (Å²) in [5.74, 6) is -0.723. The largest absolute Gasteiger partial charge is 0.481 e. The van der Waals surface area contributed by atoms with Gasteiger partial charge in [0.2, 0.25) is 10.0 Å². The summed E-state index contributed by atoms with van der Waals surface area (Å²) in [5, 5.41) is 12.4. The van der Waals surface area contributed by atoms with E-state index in [0.29, 0.717) is 6.54 Å². The smallest absolute Gasteiger partial charge is 0.305 e. The fourth-order valence-electron chi connectivity index (χ4n) is 1.60. The first kappa shape index (κ1) is 15.6. The van der Waals surface area contributed by atoms with Gasteiger partial charge in [-0.3, -0.25) is 9.48 Å². The van der Waals surface area contributed by atoms with Crippen LogP contribution in [0.25, 0.3) is 0 Å². The number of rotatable bonds is 7. The van der Waals surface area contributed by atoms with Crippen LogP contribution in [0.15, 0.2) is 17.3 Å². The first-order valence-corrected chi connectivity index (χ1v) is 7.38. The van der Waals surface area contributed by atoms with Crippen molar-refractivity contribution in [1.29, 1.82) is 0 Å². The summed E-state index contributed by atoms with van der Waals surface area (Å²) in [4.78, 5) is 10.5. The van der Waals surface area contributed by atoms with E-state index in [2.05, 4.69) is 5.10 Å². The highest BCUT2D eigenvalue weighted by atomic mass is 32.2. The Labute approximate surface area is 112 Å². The van der Waals surface area contributed by atoms with E-state index in [4.69, 9.17) is 5.11 Å². The molecule has 1 heterocycles. The molecule has 0 unspecified atom stereocenters. The van der Waals surface area contributed by atoms with Crippen LogP contribution in [0.3, 0.4) is 0 Å². The summed E-state index contributed by atoms with van der Waals surface area (Å²) >= 11 is 0. The van der Waals surface area contributed by atoms with Gasteiger partial charge in [0.25, 0.3) is 0 Å². The van der Waals surface area contributed by atoms with Crippen LogP contribution in [0.1, 0.15) is 20.3 Å². The maximum atomic E-state index is 12.2. The minimum Gasteiger partial charge on any atom is -0.481 e. The Morgan fingerprint density at radius 3 is 2.68 bits per heavy atom. The van der Waals surface area contributed by atoms with Gasteiger partial charge in [-0.25, -0.2) is 12.7 Å². The molecule has 1 aromatic rings. The molecule has 1 rings (SSSR count). The molecule has 0 bridgehead atoms. The third-order valence-corrected chi connectivity index (χ3v) is 4.27. The summed E-state index contributed by atoms with van der Waals surface area (Å²) in [5.41, 5.74) is 0. The predicted molar refractivity (Wildman–Crippen MR) is 69.1 cm³/mol. The number of aromatic nitrogens is 2. The van der Waals surface area contributed by atoms with Crippen molar-refractivity contribution in [2.24, 2.45) is 5.92 Å². The Morgan fingerprint density at radius 1 is 1.53 bits per heavy atom. The van der Waals surface area contributed by atoms with Gasteiger partial charge in [-0.15, -0.1) is 0 Å². The fourth-order valence-corrected chi connectivity index (χ4v) is 2.89. The van der Waals surface area contributed by atoms with Crippen molar-refractivity contribution in [3.05, 3.63) is 12.4 Å². The Bertz CT molecular complexity index is 536. The molecule has 0 saturated carbocycles. The molecule has 7 nitrogen and oxygen atoms in total. The maximum absolute atomic E-state index is 12.2. The third kappa shape index (κ3) is 4.32. The van der Waals surface area contributed by atoms with Crippen molar-refractivity contribution in [2.75, 3.05) is 13.6 Å². The highest BCUT2D eigenvalue weighted by Crippen LogP contribution is 2.14. The van der Waals surface area contributed by atoms with Gasteiger partial charge in [0.1, 0.15) is 4.90 Å². The molecule has 0 aliphatic heterocycles. The van der Waals surface area contributed by atoms with Gasteiger partial charge in [0.15, 0.2) is 0 Å². The van der Waals surface area contributed by atoms with Crippen LogP contribution >= 0.6 is 0 Å². The number of carboxylic acids is 1. The molecule has 0 aliphatic rings. The lowest BCUT2D eigenvalue weighted by Gasteiger charge is -2.17. The van der Waals surface area contributed by atoms with Crippen LogP contribution in [-0.2, 0) is 21.4 Å². The van der Waals surface area contributed by atoms with E-state index < -0.39 is 16.0 Å². The standard InChI is InChI=1S/C11H19N3O4S/c1-9(2)7-13(3)19(17,18)10-6-12-14(8-10)5-4-11(15)16/h6,8-9H,4-5,7H2,1-3H3,(H,15,16). The summed E-state index contributed by atoms with van der Waals surface area (Å²) in [6.07, 6.45) is 2.51. The van der Waals surface area contributed by atoms with E-state index >= 15 is 0 Å². The number of hydrogen-bond acceptors (Lipinski definition) is 4. The molecule has 0 aliphatic carbocycles. The molecule has 0 fully saturated rings. The predicted octanol–water partition coefficient (Wildman–Crippen LogP) is 0.634. The van der Waals surface area contributed by atoms with Crippen LogP contribution in [0.2, 0.25) is 0 Å². The van der Waals surface area contributed by atoms with Crippen molar-refractivity contribution in [3.8, 4) is 0 Å². The molecule has 0 aromatic carbocycles. The zero-order valence-corrected chi connectivity index (χ0v) is 12.1. The summed E-state index contributed by atoms with van der Waals surface area (Å²) in [6, 6.07) is 0. The van der Waals surface area contributed by atoms with E-state index in [1.807, 2.05) is 13.8 Å². The molecule has 108 valence electrons. The normalized spacial score (nSPS) is 12.3. The average molecular weight is 289 g/mol. The molecular weight excluding hydrogens is 270 g/mol. The maximum Gasteiger partial charge on any atom is 0.305 e. The van der Waals surface area contributed by atoms with E-state index in [-0.39, 0.29) is 23.8 Å². The topological polar surface area (TPSA) is 92.5 Å². The molecule has 0 saturated heterocycles. The van der Waals surface area contributed by atoms with Crippen LogP contribution in [0.5, 0.6) is 0 Å². The van der Waals surface area contributed by atoms with Crippen molar-refractivity contribution in [1.82, 2.24) is 14.1 Å². The lowest BCUT2D eigenvalue weighted by Crippen LogP contribution is -2.30. The number of nitrogens with zero attached hydrogens (tertiary/aromatic N) is 3. The number of carboxylic acid groups (broad SMARTS) is 1. The van der Waals surface area contributed by atoms with Crippen molar-refractivity contribution in [3.63, 3.8) is 0 Å². The Kier molecular flexibility index (Phi) is 5.07. The minimum atomic E-state index is -3.55. The highest BCUT2D eigenvalue weighted by molar-refractivity contribution is 7.89. The molecule has 0 radical (unpaired) electrons. The lowest BCUT2D eigenvalue weighted by atomic mass is 10.2. The summed E-state index contributed by atoms with van der Waals surface area (Å²) in [6.45, 7) is 4.44. The van der Waals surface area contributed by atoms with Crippen molar-refractivity contribution < 1.29 is 18.3 Å². The Morgan fingerprint density at radius 2 is 2.16 bits per heavy atom. The van der Waals surface area contributed by atoms with Crippen LogP contribution in [0.4, 0.5) is 0 Å². The second kappa shape index (κ2) is 6.16. The summed E-state index contributed by atoms with van der Waals surface area (Å²) < 4.78 is 26.9. The second-order valence-electron chi connectivity index (χ2n) is 4.76. The van der Waals surface area contributed by atoms with Gasteiger partial charge in [0, 0.05) is 19.8 Å². The van der Waals surface area contributed by atoms with Crippen LogP contribution in [0, 0.1) is 5.92 Å². The quantitative estimate of drug-likeness (QED) is 0.795. The molecule has 1 N–H and O–H groups in total. The number of aryl methyl sites for hydroxylation is 1. The van der Waals surface area contributed by atoms with Gasteiger partial charge in [0.05, 0.1) is 19.2 Å². The van der Waals surface area contributed by atoms with Crippen molar-refractivity contribution in [2.45, 2.75) is 31.7 Å². The molecule has 0 amide bonds. The van der Waals surface area contributed by atoms with Crippen molar-refractivity contribution >= 4 is 16.0 Å². The van der Waals surface area contributed by atoms with E-state index in [0.717, 1.165) is 0 Å². The molecule has 0 atom stereocenters. The average Bonchev–Trinajstić information content (AvgIpc) is 2.74. The summed E-state index contributed by atoms with van der Waals surface area (Å²) in [7, 11) is -2.03. The third-order valence-electron chi connectivity index (χ3n) is 2.49. The van der Waals surface area contributed by atoms with Gasteiger partial charge >= 0.3 is 5.97 Å². The monoisotopic (exact) mass is 289 g/mol. The fraction of sp³-hybridized carbons (Fsp3) is 0.636. The minimum absolute atomic E-state index is 0.0843. The molecule has 19 heavy (non-hydrogen) atoms. The number of carbonyl (C=O) groups is 1. The Balaban J connectivity index is 2.82. The van der Waals surface area contributed by atoms with E-state index in [9.17, 15) is 13.2 Å². The molecule has 1 aromatic heterocycles. The van der Waals surface area contributed by atoms with Gasteiger partial charge in [-0.2, -0.15) is 5.10 Å². The van der Waals surface area contributed by atoms with Crippen LogP contribution in [-0.4, -0.2) is 47.2 Å². The van der Waals surface area contributed by atoms with Gasteiger partial charge in [-0.05, 0) is 5.92 Å². The first-order chi connectivity index (χ1) is 8.73. The zero-order chi connectivity index (χ0) is 14.6. The highest BCUT2D eigenvalue weighted by Gasteiger charge is 2.23.